The molecule has 2 N–H and O–H groups in total. The van der Waals surface area contributed by atoms with E-state index < -0.39 is 45.6 Å². The summed E-state index contributed by atoms with van der Waals surface area (Å²) in [6.07, 6.45) is 0.408. The maximum absolute atomic E-state index is 14.8. The van der Waals surface area contributed by atoms with Crippen molar-refractivity contribution in [2.24, 2.45) is 0 Å². The average molecular weight is 600 g/mol. The van der Waals surface area contributed by atoms with Crippen LogP contribution >= 0.6 is 0 Å². The summed E-state index contributed by atoms with van der Waals surface area (Å²) < 4.78 is 79.2. The number of fused-ring (bicyclic) bond motifs is 1. The van der Waals surface area contributed by atoms with Gasteiger partial charge in [-0.25, -0.2) is 22.8 Å². The van der Waals surface area contributed by atoms with Gasteiger partial charge in [-0.1, -0.05) is 0 Å². The lowest BCUT2D eigenvalue weighted by Crippen LogP contribution is -2.36. The predicted molar refractivity (Wildman–Crippen MR) is 149 cm³/mol. The molecule has 0 radical (unpaired) electrons. The van der Waals surface area contributed by atoms with Gasteiger partial charge in [0, 0.05) is 47.0 Å². The normalized spacial score (nSPS) is 18.3. The van der Waals surface area contributed by atoms with Gasteiger partial charge in [0.25, 0.3) is 5.56 Å². The summed E-state index contributed by atoms with van der Waals surface area (Å²) in [4.78, 5) is 28.6. The van der Waals surface area contributed by atoms with Crippen LogP contribution in [0.15, 0.2) is 29.3 Å². The molecule has 1 saturated carbocycles. The van der Waals surface area contributed by atoms with Gasteiger partial charge in [-0.2, -0.15) is 18.2 Å². The molecule has 3 aromatic rings. The molecule has 224 valence electrons. The third kappa shape index (κ3) is 7.50. The van der Waals surface area contributed by atoms with Crippen LogP contribution in [0.1, 0.15) is 52.0 Å². The van der Waals surface area contributed by atoms with Gasteiger partial charge in [-0.3, -0.25) is 14.1 Å². The number of halogens is 4. The Labute approximate surface area is 235 Å². The highest BCUT2D eigenvalue weighted by atomic mass is 32.2. The number of hydrogen-bond donors (Lipinski definition) is 2. The van der Waals surface area contributed by atoms with E-state index in [1.807, 2.05) is 0 Å². The van der Waals surface area contributed by atoms with Crippen LogP contribution < -0.4 is 15.6 Å². The van der Waals surface area contributed by atoms with Crippen molar-refractivity contribution in [3.05, 3.63) is 40.7 Å². The summed E-state index contributed by atoms with van der Waals surface area (Å²) in [6, 6.07) is 2.84. The first-order valence-electron chi connectivity index (χ1n) is 13.2. The number of nitrogens with zero attached hydrogens (tertiary/aromatic N) is 5. The van der Waals surface area contributed by atoms with Gasteiger partial charge in [0.1, 0.15) is 5.65 Å². The van der Waals surface area contributed by atoms with Gasteiger partial charge in [0.2, 0.25) is 16.0 Å². The van der Waals surface area contributed by atoms with Crippen molar-refractivity contribution in [2.45, 2.75) is 70.3 Å². The lowest BCUT2D eigenvalue weighted by molar-refractivity contribution is -0.129. The maximum Gasteiger partial charge on any atom is 0.390 e. The summed E-state index contributed by atoms with van der Waals surface area (Å²) in [5.41, 5.74) is 0.0661. The topological polar surface area (TPSA) is 122 Å². The number of aromatic nitrogens is 4. The van der Waals surface area contributed by atoms with E-state index >= 15 is 0 Å². The summed E-state index contributed by atoms with van der Waals surface area (Å²) in [5.74, 6) is -2.78. The van der Waals surface area contributed by atoms with Crippen LogP contribution in [0, 0.1) is 5.82 Å². The number of anilines is 2. The molecule has 1 aliphatic carbocycles. The van der Waals surface area contributed by atoms with Crippen molar-refractivity contribution in [1.29, 1.82) is 0 Å². The van der Waals surface area contributed by atoms with Crippen molar-refractivity contribution in [3.63, 3.8) is 0 Å². The Morgan fingerprint density at radius 2 is 1.78 bits per heavy atom. The molecule has 1 aliphatic rings. The number of alkyl halides is 3. The van der Waals surface area contributed by atoms with Crippen molar-refractivity contribution >= 4 is 32.8 Å². The second-order valence-electron chi connectivity index (χ2n) is 10.8. The van der Waals surface area contributed by atoms with Crippen LogP contribution in [0.5, 0.6) is 0 Å². The van der Waals surface area contributed by atoms with Crippen molar-refractivity contribution in [2.75, 3.05) is 29.9 Å². The highest BCUT2D eigenvalue weighted by molar-refractivity contribution is 7.92. The molecule has 0 unspecified atom stereocenters. The minimum absolute atomic E-state index is 0.0573. The zero-order chi connectivity index (χ0) is 30.1. The zero-order valence-electron chi connectivity index (χ0n) is 23.2. The van der Waals surface area contributed by atoms with Crippen LogP contribution in [0.3, 0.4) is 0 Å². The minimum Gasteiger partial charge on any atom is -0.351 e. The fraction of sp³-hybridized carbons (Fsp3) is 0.538. The van der Waals surface area contributed by atoms with Crippen LogP contribution in [0.4, 0.5) is 29.3 Å². The molecule has 0 spiro atoms. The van der Waals surface area contributed by atoms with Gasteiger partial charge in [0.15, 0.2) is 11.6 Å². The molecule has 4 rings (SSSR count). The maximum atomic E-state index is 14.8. The minimum atomic E-state index is -4.69. The Hall–Kier alpha value is -3.33. The molecule has 0 aliphatic heterocycles. The third-order valence-electron chi connectivity index (χ3n) is 7.11. The Bertz CT molecular complexity index is 1570. The number of hydrogen-bond acceptors (Lipinski definition) is 8. The second kappa shape index (κ2) is 11.9. The number of nitrogens with one attached hydrogen (secondary N) is 2. The van der Waals surface area contributed by atoms with E-state index in [1.165, 1.54) is 10.6 Å². The lowest BCUT2D eigenvalue weighted by Gasteiger charge is -2.33. The molecule has 10 nitrogen and oxygen atoms in total. The quantitative estimate of drug-likeness (QED) is 0.344. The predicted octanol–water partition coefficient (Wildman–Crippen LogP) is 4.55. The van der Waals surface area contributed by atoms with Crippen molar-refractivity contribution in [1.82, 2.24) is 24.4 Å². The first kappa shape index (κ1) is 30.6. The van der Waals surface area contributed by atoms with Crippen molar-refractivity contribution in [3.8, 4) is 11.1 Å². The Balaban J connectivity index is 1.61. The molecule has 0 amide bonds. The smallest absolute Gasteiger partial charge is 0.351 e. The Morgan fingerprint density at radius 3 is 2.37 bits per heavy atom. The standard InChI is InChI=1S/C26H33F4N7O3S/c1-15(2)37-23-17(14-32-25(34-23)33-18-5-7-19(8-6-18)36(3)4)11-20(24(37)38)16-12-21(27)22(31-13-16)35-41(39,40)10-9-26(28,29)30/h11-15,18-19H,5-10H2,1-4H3,(H,31,35)(H,32,33,34). The SMILES string of the molecule is CC(C)n1c(=O)c(-c2cnc(NS(=O)(=O)CCC(F)(F)F)c(F)c2)cc2cnc(NC3CCC(N(C)C)CC3)nc21. The highest BCUT2D eigenvalue weighted by Crippen LogP contribution is 2.27. The molecule has 3 aromatic heterocycles. The van der Waals surface area contributed by atoms with E-state index in [4.69, 9.17) is 0 Å². The second-order valence-corrected chi connectivity index (χ2v) is 12.6. The van der Waals surface area contributed by atoms with E-state index in [2.05, 4.69) is 39.3 Å². The van der Waals surface area contributed by atoms with E-state index in [0.717, 1.165) is 37.9 Å². The first-order valence-corrected chi connectivity index (χ1v) is 14.9. The molecule has 0 saturated heterocycles. The molecular weight excluding hydrogens is 566 g/mol. The lowest BCUT2D eigenvalue weighted by atomic mass is 9.91. The highest BCUT2D eigenvalue weighted by Gasteiger charge is 2.30. The van der Waals surface area contributed by atoms with Crippen molar-refractivity contribution < 1.29 is 26.0 Å². The molecule has 41 heavy (non-hydrogen) atoms. The van der Waals surface area contributed by atoms with Gasteiger partial charge >= 0.3 is 6.18 Å². The molecule has 1 fully saturated rings. The van der Waals surface area contributed by atoms with Gasteiger partial charge < -0.3 is 10.2 Å². The summed E-state index contributed by atoms with van der Waals surface area (Å²) >= 11 is 0. The molecule has 0 aromatic carbocycles. The van der Waals surface area contributed by atoms with E-state index in [-0.39, 0.29) is 23.2 Å². The monoisotopic (exact) mass is 599 g/mol. The summed E-state index contributed by atoms with van der Waals surface area (Å²) in [5, 5.41) is 3.90. The molecule has 3 heterocycles. The van der Waals surface area contributed by atoms with Crippen LogP contribution in [0.25, 0.3) is 22.2 Å². The molecular formula is C26H33F4N7O3S. The fourth-order valence-electron chi connectivity index (χ4n) is 4.90. The first-order chi connectivity index (χ1) is 19.1. The largest absolute Gasteiger partial charge is 0.390 e. The number of sulfonamides is 1. The zero-order valence-corrected chi connectivity index (χ0v) is 24.0. The fourth-order valence-corrected chi connectivity index (χ4v) is 5.95. The van der Waals surface area contributed by atoms with Crippen LogP contribution in [-0.4, -0.2) is 70.9 Å². The number of pyridine rings is 2. The van der Waals surface area contributed by atoms with Gasteiger partial charge in [-0.05, 0) is 65.8 Å². The average Bonchev–Trinajstić information content (AvgIpc) is 2.88. The van der Waals surface area contributed by atoms with Gasteiger partial charge in [0.05, 0.1) is 12.2 Å². The molecule has 15 heteroatoms. The molecule has 0 bridgehead atoms. The van der Waals surface area contributed by atoms with Crippen LogP contribution in [0.2, 0.25) is 0 Å². The third-order valence-corrected chi connectivity index (χ3v) is 8.35. The van der Waals surface area contributed by atoms with E-state index in [9.17, 15) is 30.8 Å². The Kier molecular flexibility index (Phi) is 8.87. The molecule has 0 atom stereocenters. The van der Waals surface area contributed by atoms with Crippen LogP contribution in [-0.2, 0) is 10.0 Å². The summed E-state index contributed by atoms with van der Waals surface area (Å²) in [7, 11) is -0.354. The van der Waals surface area contributed by atoms with Gasteiger partial charge in [-0.15, -0.1) is 0 Å². The Morgan fingerprint density at radius 1 is 1.10 bits per heavy atom. The van der Waals surface area contributed by atoms with E-state index in [0.29, 0.717) is 23.0 Å². The van der Waals surface area contributed by atoms with E-state index in [1.54, 1.807) is 24.8 Å². The number of rotatable bonds is 9. The summed E-state index contributed by atoms with van der Waals surface area (Å²) in [6.45, 7) is 3.61.